The molecule has 0 aromatic carbocycles. The van der Waals surface area contributed by atoms with Gasteiger partial charge in [-0.05, 0) is 25.8 Å². The van der Waals surface area contributed by atoms with Crippen LogP contribution in [0.25, 0.3) is 0 Å². The third-order valence-corrected chi connectivity index (χ3v) is 4.22. The normalized spacial score (nSPS) is 17.2. The van der Waals surface area contributed by atoms with Gasteiger partial charge in [-0.2, -0.15) is 0 Å². The van der Waals surface area contributed by atoms with Crippen molar-refractivity contribution in [2.45, 2.75) is 64.7 Å². The Balaban J connectivity index is 1.69. The summed E-state index contributed by atoms with van der Waals surface area (Å²) in [5, 5.41) is 6.68. The lowest BCUT2D eigenvalue weighted by Gasteiger charge is -2.21. The summed E-state index contributed by atoms with van der Waals surface area (Å²) < 4.78 is 5.93. The summed E-state index contributed by atoms with van der Waals surface area (Å²) in [6.45, 7) is 4.82. The fourth-order valence-corrected chi connectivity index (χ4v) is 3.05. The molecule has 1 heterocycles. The quantitative estimate of drug-likeness (QED) is 0.769. The predicted molar refractivity (Wildman–Crippen MR) is 75.8 cm³/mol. The Morgan fingerprint density at radius 1 is 1.39 bits per heavy atom. The molecular formula is C14H24N2OS. The fraction of sp³-hybridized carbons (Fsp3) is 0.786. The van der Waals surface area contributed by atoms with Crippen LogP contribution in [0.15, 0.2) is 5.38 Å². The highest BCUT2D eigenvalue weighted by atomic mass is 32.1. The highest BCUT2D eigenvalue weighted by molar-refractivity contribution is 7.09. The van der Waals surface area contributed by atoms with Crippen LogP contribution in [0.2, 0.25) is 0 Å². The molecule has 1 aromatic rings. The first kappa shape index (κ1) is 14.0. The minimum Gasteiger partial charge on any atom is -0.372 e. The molecule has 3 nitrogen and oxygen atoms in total. The molecule has 102 valence electrons. The molecular weight excluding hydrogens is 244 g/mol. The molecule has 1 aliphatic rings. The lowest BCUT2D eigenvalue weighted by Crippen LogP contribution is -2.16. The zero-order valence-electron chi connectivity index (χ0n) is 11.3. The summed E-state index contributed by atoms with van der Waals surface area (Å²) in [5.74, 6) is 0. The van der Waals surface area contributed by atoms with E-state index >= 15 is 0 Å². The number of aromatic nitrogens is 1. The van der Waals surface area contributed by atoms with E-state index in [1.54, 1.807) is 11.3 Å². The van der Waals surface area contributed by atoms with Gasteiger partial charge in [0, 0.05) is 11.9 Å². The molecule has 0 radical (unpaired) electrons. The Hall–Kier alpha value is -0.450. The van der Waals surface area contributed by atoms with Crippen LogP contribution in [0.3, 0.4) is 0 Å². The number of rotatable bonds is 7. The summed E-state index contributed by atoms with van der Waals surface area (Å²) in [7, 11) is 0. The van der Waals surface area contributed by atoms with Crippen molar-refractivity contribution in [1.29, 1.82) is 0 Å². The SMILES string of the molecule is CCCNCc1nc(COC2CCCCC2)cs1. The lowest BCUT2D eigenvalue weighted by molar-refractivity contribution is 0.0154. The lowest BCUT2D eigenvalue weighted by atomic mass is 9.98. The van der Waals surface area contributed by atoms with E-state index in [4.69, 9.17) is 4.74 Å². The minimum atomic E-state index is 0.474. The Bertz CT molecular complexity index is 334. The molecule has 0 bridgehead atoms. The molecule has 4 heteroatoms. The van der Waals surface area contributed by atoms with Crippen LogP contribution in [-0.2, 0) is 17.9 Å². The van der Waals surface area contributed by atoms with E-state index in [9.17, 15) is 0 Å². The number of ether oxygens (including phenoxy) is 1. The molecule has 0 saturated heterocycles. The van der Waals surface area contributed by atoms with Gasteiger partial charge in [-0.15, -0.1) is 11.3 Å². The van der Waals surface area contributed by atoms with E-state index in [2.05, 4.69) is 22.6 Å². The van der Waals surface area contributed by atoms with Gasteiger partial charge in [-0.1, -0.05) is 26.2 Å². The largest absolute Gasteiger partial charge is 0.372 e. The average Bonchev–Trinajstić information content (AvgIpc) is 2.86. The third kappa shape index (κ3) is 4.67. The van der Waals surface area contributed by atoms with Crippen molar-refractivity contribution in [3.05, 3.63) is 16.1 Å². The molecule has 0 atom stereocenters. The molecule has 1 N–H and O–H groups in total. The highest BCUT2D eigenvalue weighted by Gasteiger charge is 2.14. The van der Waals surface area contributed by atoms with E-state index in [-0.39, 0.29) is 0 Å². The third-order valence-electron chi connectivity index (χ3n) is 3.32. The second-order valence-electron chi connectivity index (χ2n) is 4.98. The van der Waals surface area contributed by atoms with Gasteiger partial charge in [0.2, 0.25) is 0 Å². The molecule has 18 heavy (non-hydrogen) atoms. The first-order valence-electron chi connectivity index (χ1n) is 7.14. The smallest absolute Gasteiger partial charge is 0.107 e. The van der Waals surface area contributed by atoms with Crippen LogP contribution in [0, 0.1) is 0 Å². The van der Waals surface area contributed by atoms with Crippen molar-refractivity contribution in [1.82, 2.24) is 10.3 Å². The van der Waals surface area contributed by atoms with Crippen molar-refractivity contribution >= 4 is 11.3 Å². The number of hydrogen-bond donors (Lipinski definition) is 1. The highest BCUT2D eigenvalue weighted by Crippen LogP contribution is 2.21. The van der Waals surface area contributed by atoms with Gasteiger partial charge in [0.25, 0.3) is 0 Å². The second kappa shape index (κ2) is 7.87. The van der Waals surface area contributed by atoms with Crippen LogP contribution < -0.4 is 5.32 Å². The maximum absolute atomic E-state index is 5.93. The zero-order valence-corrected chi connectivity index (χ0v) is 12.1. The molecule has 1 fully saturated rings. The molecule has 0 spiro atoms. The molecule has 2 rings (SSSR count). The van der Waals surface area contributed by atoms with Crippen molar-refractivity contribution in [2.75, 3.05) is 6.54 Å². The first-order chi connectivity index (χ1) is 8.88. The minimum absolute atomic E-state index is 0.474. The molecule has 0 unspecified atom stereocenters. The van der Waals surface area contributed by atoms with Crippen molar-refractivity contribution in [3.8, 4) is 0 Å². The van der Waals surface area contributed by atoms with Crippen LogP contribution in [0.1, 0.15) is 56.2 Å². The molecule has 1 aliphatic carbocycles. The van der Waals surface area contributed by atoms with Gasteiger partial charge in [-0.25, -0.2) is 4.98 Å². The average molecular weight is 268 g/mol. The number of nitrogens with zero attached hydrogens (tertiary/aromatic N) is 1. The second-order valence-corrected chi connectivity index (χ2v) is 5.92. The van der Waals surface area contributed by atoms with E-state index in [1.165, 1.54) is 43.5 Å². The number of nitrogens with one attached hydrogen (secondary N) is 1. The standard InChI is InChI=1S/C14H24N2OS/c1-2-8-15-9-14-16-12(11-18-14)10-17-13-6-4-3-5-7-13/h11,13,15H,2-10H2,1H3. The fourth-order valence-electron chi connectivity index (χ4n) is 2.30. The maximum atomic E-state index is 5.93. The van der Waals surface area contributed by atoms with Gasteiger partial charge in [0.05, 0.1) is 18.4 Å². The summed E-state index contributed by atoms with van der Waals surface area (Å²) in [4.78, 5) is 4.60. The van der Waals surface area contributed by atoms with Gasteiger partial charge < -0.3 is 10.1 Å². The number of hydrogen-bond acceptors (Lipinski definition) is 4. The summed E-state index contributed by atoms with van der Waals surface area (Å²) in [6.07, 6.45) is 8.14. The van der Waals surface area contributed by atoms with Crippen molar-refractivity contribution in [3.63, 3.8) is 0 Å². The van der Waals surface area contributed by atoms with Crippen molar-refractivity contribution in [2.24, 2.45) is 0 Å². The Labute approximate surface area is 114 Å². The Kier molecular flexibility index (Phi) is 6.11. The molecule has 0 amide bonds. The molecule has 0 aliphatic heterocycles. The van der Waals surface area contributed by atoms with Crippen LogP contribution in [0.4, 0.5) is 0 Å². The van der Waals surface area contributed by atoms with Crippen LogP contribution >= 0.6 is 11.3 Å². The topological polar surface area (TPSA) is 34.2 Å². The monoisotopic (exact) mass is 268 g/mol. The van der Waals surface area contributed by atoms with E-state index < -0.39 is 0 Å². The summed E-state index contributed by atoms with van der Waals surface area (Å²) in [6, 6.07) is 0. The zero-order chi connectivity index (χ0) is 12.6. The van der Waals surface area contributed by atoms with Crippen LogP contribution in [0.5, 0.6) is 0 Å². The summed E-state index contributed by atoms with van der Waals surface area (Å²) in [5.41, 5.74) is 1.10. The molecule has 1 aromatic heterocycles. The number of thiazole rings is 1. The summed E-state index contributed by atoms with van der Waals surface area (Å²) >= 11 is 1.73. The predicted octanol–water partition coefficient (Wildman–Crippen LogP) is 3.49. The van der Waals surface area contributed by atoms with E-state index in [1.807, 2.05) is 0 Å². The van der Waals surface area contributed by atoms with Gasteiger partial charge >= 0.3 is 0 Å². The van der Waals surface area contributed by atoms with Gasteiger partial charge in [0.15, 0.2) is 0 Å². The Morgan fingerprint density at radius 2 is 2.22 bits per heavy atom. The van der Waals surface area contributed by atoms with Gasteiger partial charge in [0.1, 0.15) is 5.01 Å². The maximum Gasteiger partial charge on any atom is 0.107 e. The van der Waals surface area contributed by atoms with Crippen molar-refractivity contribution < 1.29 is 4.74 Å². The van der Waals surface area contributed by atoms with Crippen LogP contribution in [-0.4, -0.2) is 17.6 Å². The first-order valence-corrected chi connectivity index (χ1v) is 8.02. The molecule has 1 saturated carbocycles. The van der Waals surface area contributed by atoms with E-state index in [0.717, 1.165) is 18.8 Å². The Morgan fingerprint density at radius 3 is 3.00 bits per heavy atom. The van der Waals surface area contributed by atoms with E-state index in [0.29, 0.717) is 12.7 Å². The van der Waals surface area contributed by atoms with Gasteiger partial charge in [-0.3, -0.25) is 0 Å².